The maximum atomic E-state index is 6.07. The van der Waals surface area contributed by atoms with Gasteiger partial charge in [0, 0.05) is 34.1 Å². The summed E-state index contributed by atoms with van der Waals surface area (Å²) in [6, 6.07) is 21.0. The van der Waals surface area contributed by atoms with Crippen molar-refractivity contribution in [3.05, 3.63) is 83.9 Å². The molecule has 27 heavy (non-hydrogen) atoms. The highest BCUT2D eigenvalue weighted by molar-refractivity contribution is 5.95. The van der Waals surface area contributed by atoms with Crippen molar-refractivity contribution in [2.24, 2.45) is 0 Å². The first-order valence-electron chi connectivity index (χ1n) is 9.44. The molecule has 0 N–H and O–H groups in total. The molecule has 0 saturated heterocycles. The van der Waals surface area contributed by atoms with Crippen LogP contribution in [0.5, 0.6) is 11.5 Å². The van der Waals surface area contributed by atoms with Gasteiger partial charge in [-0.05, 0) is 17.5 Å². The van der Waals surface area contributed by atoms with Gasteiger partial charge in [0.2, 0.25) is 0 Å². The summed E-state index contributed by atoms with van der Waals surface area (Å²) < 4.78 is 12.1. The summed E-state index contributed by atoms with van der Waals surface area (Å²) in [4.78, 5) is 0. The average Bonchev–Trinajstić information content (AvgIpc) is 3.35. The summed E-state index contributed by atoms with van der Waals surface area (Å²) in [5, 5.41) is 0. The Morgan fingerprint density at radius 3 is 1.41 bits per heavy atom. The third-order valence-electron chi connectivity index (χ3n) is 5.84. The molecule has 2 unspecified atom stereocenters. The van der Waals surface area contributed by atoms with Crippen molar-refractivity contribution < 1.29 is 9.47 Å². The van der Waals surface area contributed by atoms with E-state index in [0.717, 1.165) is 40.2 Å². The van der Waals surface area contributed by atoms with Crippen LogP contribution < -0.4 is 9.47 Å². The second kappa shape index (κ2) is 6.31. The van der Waals surface area contributed by atoms with Gasteiger partial charge >= 0.3 is 0 Å². The lowest BCUT2D eigenvalue weighted by Crippen LogP contribution is -2.06. The van der Waals surface area contributed by atoms with Crippen LogP contribution in [0.25, 0.3) is 22.3 Å². The standard InChI is InChI=1S/C25H22O2/c1-26-24-20(16-9-5-3-6-10-16)21(17-11-7-4-8-12-17)25(27-2)23-19-14-13-18(15-19)22(23)24/h3-14,18-19H,15H2,1-2H3. The SMILES string of the molecule is COc1c(-c2ccccc2)c(-c2ccccc2)c(OC)c2c1C1C=CC2C1. The zero-order valence-corrected chi connectivity index (χ0v) is 15.6. The highest BCUT2D eigenvalue weighted by atomic mass is 16.5. The fourth-order valence-electron chi connectivity index (χ4n) is 4.79. The highest BCUT2D eigenvalue weighted by Crippen LogP contribution is 2.61. The molecule has 2 heteroatoms. The second-order valence-corrected chi connectivity index (χ2v) is 7.21. The first-order chi connectivity index (χ1) is 13.3. The van der Waals surface area contributed by atoms with E-state index in [1.807, 2.05) is 12.1 Å². The summed E-state index contributed by atoms with van der Waals surface area (Å²) in [7, 11) is 3.58. The summed E-state index contributed by atoms with van der Waals surface area (Å²) in [5.74, 6) is 2.82. The van der Waals surface area contributed by atoms with Crippen molar-refractivity contribution in [3.8, 4) is 33.8 Å². The smallest absolute Gasteiger partial charge is 0.131 e. The lowest BCUT2D eigenvalue weighted by Gasteiger charge is -2.26. The fraction of sp³-hybridized carbons (Fsp3) is 0.200. The maximum absolute atomic E-state index is 6.07. The average molecular weight is 354 g/mol. The summed E-state index contributed by atoms with van der Waals surface area (Å²) in [5.41, 5.74) is 7.17. The molecule has 3 aromatic rings. The molecule has 2 aliphatic carbocycles. The van der Waals surface area contributed by atoms with Gasteiger partial charge in [-0.1, -0.05) is 72.8 Å². The maximum Gasteiger partial charge on any atom is 0.131 e. The van der Waals surface area contributed by atoms with Crippen LogP contribution in [0.2, 0.25) is 0 Å². The van der Waals surface area contributed by atoms with E-state index in [2.05, 4.69) is 60.7 Å². The van der Waals surface area contributed by atoms with Crippen LogP contribution in [0.4, 0.5) is 0 Å². The van der Waals surface area contributed by atoms with Gasteiger partial charge in [0.25, 0.3) is 0 Å². The van der Waals surface area contributed by atoms with Gasteiger partial charge in [0.15, 0.2) is 0 Å². The first-order valence-corrected chi connectivity index (χ1v) is 9.44. The molecule has 2 nitrogen and oxygen atoms in total. The fourth-order valence-corrected chi connectivity index (χ4v) is 4.79. The molecule has 2 aliphatic rings. The van der Waals surface area contributed by atoms with Crippen LogP contribution in [-0.4, -0.2) is 14.2 Å². The number of ether oxygens (including phenoxy) is 2. The van der Waals surface area contributed by atoms with E-state index in [4.69, 9.17) is 9.47 Å². The van der Waals surface area contributed by atoms with Crippen LogP contribution in [0.1, 0.15) is 29.4 Å². The molecule has 134 valence electrons. The number of methoxy groups -OCH3 is 2. The number of fused-ring (bicyclic) bond motifs is 5. The van der Waals surface area contributed by atoms with Gasteiger partial charge in [-0.2, -0.15) is 0 Å². The Morgan fingerprint density at radius 1 is 0.630 bits per heavy atom. The Labute approximate surface area is 160 Å². The van der Waals surface area contributed by atoms with E-state index in [0.29, 0.717) is 11.8 Å². The molecular formula is C25H22O2. The van der Waals surface area contributed by atoms with Gasteiger partial charge in [-0.15, -0.1) is 0 Å². The Hall–Kier alpha value is -3.00. The molecule has 2 bridgehead atoms. The Kier molecular flexibility index (Phi) is 3.78. The predicted molar refractivity (Wildman–Crippen MR) is 110 cm³/mol. The number of allylic oxidation sites excluding steroid dienone is 2. The third kappa shape index (κ3) is 2.33. The minimum absolute atomic E-state index is 0.418. The lowest BCUT2D eigenvalue weighted by atomic mass is 9.84. The number of rotatable bonds is 4. The zero-order valence-electron chi connectivity index (χ0n) is 15.6. The Balaban J connectivity index is 1.93. The molecule has 5 rings (SSSR count). The van der Waals surface area contributed by atoms with Crippen LogP contribution in [0.15, 0.2) is 72.8 Å². The lowest BCUT2D eigenvalue weighted by molar-refractivity contribution is 0.399. The minimum Gasteiger partial charge on any atom is -0.496 e. The Bertz CT molecular complexity index is 937. The van der Waals surface area contributed by atoms with E-state index in [-0.39, 0.29) is 0 Å². The summed E-state index contributed by atoms with van der Waals surface area (Å²) in [6.45, 7) is 0. The van der Waals surface area contributed by atoms with Crippen LogP contribution in [0.3, 0.4) is 0 Å². The molecule has 0 aliphatic heterocycles. The van der Waals surface area contributed by atoms with Crippen LogP contribution in [0, 0.1) is 0 Å². The van der Waals surface area contributed by atoms with Crippen LogP contribution >= 0.6 is 0 Å². The van der Waals surface area contributed by atoms with E-state index >= 15 is 0 Å². The van der Waals surface area contributed by atoms with E-state index in [9.17, 15) is 0 Å². The van der Waals surface area contributed by atoms with Gasteiger partial charge in [0.05, 0.1) is 14.2 Å². The normalized spacial score (nSPS) is 19.2. The minimum atomic E-state index is 0.418. The van der Waals surface area contributed by atoms with E-state index in [1.165, 1.54) is 11.1 Å². The van der Waals surface area contributed by atoms with Crippen molar-refractivity contribution in [1.82, 2.24) is 0 Å². The third-order valence-corrected chi connectivity index (χ3v) is 5.84. The van der Waals surface area contributed by atoms with Gasteiger partial charge in [-0.25, -0.2) is 0 Å². The number of hydrogen-bond acceptors (Lipinski definition) is 2. The first kappa shape index (κ1) is 16.2. The molecule has 3 aromatic carbocycles. The monoisotopic (exact) mass is 354 g/mol. The van der Waals surface area contributed by atoms with Crippen molar-refractivity contribution >= 4 is 0 Å². The Morgan fingerprint density at radius 2 is 1.04 bits per heavy atom. The molecule has 0 aromatic heterocycles. The van der Waals surface area contributed by atoms with Gasteiger partial charge < -0.3 is 9.47 Å². The predicted octanol–water partition coefficient (Wildman–Crippen LogP) is 6.18. The van der Waals surface area contributed by atoms with Crippen molar-refractivity contribution in [2.45, 2.75) is 18.3 Å². The quantitative estimate of drug-likeness (QED) is 0.521. The topological polar surface area (TPSA) is 18.5 Å². The summed E-state index contributed by atoms with van der Waals surface area (Å²) >= 11 is 0. The zero-order chi connectivity index (χ0) is 18.4. The van der Waals surface area contributed by atoms with E-state index in [1.54, 1.807) is 14.2 Å². The molecule has 0 saturated carbocycles. The van der Waals surface area contributed by atoms with Crippen molar-refractivity contribution in [2.75, 3.05) is 14.2 Å². The van der Waals surface area contributed by atoms with Crippen molar-refractivity contribution in [1.29, 1.82) is 0 Å². The van der Waals surface area contributed by atoms with Crippen LogP contribution in [-0.2, 0) is 0 Å². The molecule has 0 heterocycles. The number of benzene rings is 3. The van der Waals surface area contributed by atoms with E-state index < -0.39 is 0 Å². The molecule has 2 atom stereocenters. The van der Waals surface area contributed by atoms with Crippen molar-refractivity contribution in [3.63, 3.8) is 0 Å². The largest absolute Gasteiger partial charge is 0.496 e. The van der Waals surface area contributed by atoms with Gasteiger partial charge in [0.1, 0.15) is 11.5 Å². The second-order valence-electron chi connectivity index (χ2n) is 7.21. The molecular weight excluding hydrogens is 332 g/mol. The molecule has 0 spiro atoms. The van der Waals surface area contributed by atoms with Gasteiger partial charge in [-0.3, -0.25) is 0 Å². The molecule has 0 fully saturated rings. The summed E-state index contributed by atoms with van der Waals surface area (Å²) in [6.07, 6.45) is 5.77. The number of hydrogen-bond donors (Lipinski definition) is 0. The molecule has 0 radical (unpaired) electrons. The molecule has 0 amide bonds. The highest BCUT2D eigenvalue weighted by Gasteiger charge is 2.41.